The van der Waals surface area contributed by atoms with Crippen LogP contribution in [-0.2, 0) is 17.6 Å². The van der Waals surface area contributed by atoms with Crippen LogP contribution >= 0.6 is 0 Å². The van der Waals surface area contributed by atoms with Gasteiger partial charge in [0.15, 0.2) is 5.82 Å². The first-order valence-corrected chi connectivity index (χ1v) is 9.25. The minimum absolute atomic E-state index is 0.00351. The Morgan fingerprint density at radius 1 is 1.12 bits per heavy atom. The van der Waals surface area contributed by atoms with Gasteiger partial charge in [-0.15, -0.1) is 0 Å². The second kappa shape index (κ2) is 7.03. The monoisotopic (exact) mass is 352 g/mol. The van der Waals surface area contributed by atoms with Crippen molar-refractivity contribution in [2.75, 3.05) is 31.1 Å². The number of fused-ring (bicyclic) bond motifs is 1. The number of carbonyl (C=O) groups excluding carboxylic acids is 1. The second-order valence-electron chi connectivity index (χ2n) is 7.08. The molecule has 1 aromatic carbocycles. The standard InChI is InChI=1S/C20H24N4O2/c1-14(25)23-10-11-24(13-16(26)12-23)20-17-8-5-9-18(17)21-19(22-20)15-6-3-2-4-7-15/h2-4,6-7,16,26H,5,8-13H2,1H3. The Balaban J connectivity index is 1.71. The normalized spacial score (nSPS) is 20.0. The van der Waals surface area contributed by atoms with E-state index in [1.165, 1.54) is 5.56 Å². The smallest absolute Gasteiger partial charge is 0.219 e. The van der Waals surface area contributed by atoms with Gasteiger partial charge in [-0.1, -0.05) is 30.3 Å². The molecule has 26 heavy (non-hydrogen) atoms. The van der Waals surface area contributed by atoms with Gasteiger partial charge in [0.2, 0.25) is 5.91 Å². The summed E-state index contributed by atoms with van der Waals surface area (Å²) in [6, 6.07) is 10.0. The van der Waals surface area contributed by atoms with Gasteiger partial charge >= 0.3 is 0 Å². The van der Waals surface area contributed by atoms with Crippen LogP contribution in [0, 0.1) is 0 Å². The summed E-state index contributed by atoms with van der Waals surface area (Å²) < 4.78 is 0. The van der Waals surface area contributed by atoms with Gasteiger partial charge in [-0.05, 0) is 19.3 Å². The van der Waals surface area contributed by atoms with Crippen LogP contribution in [0.15, 0.2) is 30.3 Å². The summed E-state index contributed by atoms with van der Waals surface area (Å²) in [5, 5.41) is 10.4. The summed E-state index contributed by atoms with van der Waals surface area (Å²) >= 11 is 0. The number of aliphatic hydroxyl groups is 1. The summed E-state index contributed by atoms with van der Waals surface area (Å²) in [6.45, 7) is 3.70. The molecule has 0 spiro atoms. The molecule has 1 amide bonds. The Bertz CT molecular complexity index is 809. The summed E-state index contributed by atoms with van der Waals surface area (Å²) in [7, 11) is 0. The number of hydrogen-bond donors (Lipinski definition) is 1. The maximum Gasteiger partial charge on any atom is 0.219 e. The number of benzene rings is 1. The number of β-amino-alcohol motifs (C(OH)–C–C–N with tert-alkyl or cyclic N) is 1. The highest BCUT2D eigenvalue weighted by Gasteiger charge is 2.28. The molecule has 2 aromatic rings. The molecule has 6 nitrogen and oxygen atoms in total. The zero-order valence-corrected chi connectivity index (χ0v) is 15.1. The SMILES string of the molecule is CC(=O)N1CCN(c2nc(-c3ccccc3)nc3c2CCC3)CC(O)C1. The van der Waals surface area contributed by atoms with E-state index in [0.717, 1.165) is 42.2 Å². The summed E-state index contributed by atoms with van der Waals surface area (Å²) in [4.78, 5) is 25.3. The first-order chi connectivity index (χ1) is 12.6. The zero-order valence-electron chi connectivity index (χ0n) is 15.1. The molecule has 4 rings (SSSR count). The van der Waals surface area contributed by atoms with Crippen molar-refractivity contribution in [1.29, 1.82) is 0 Å². The predicted molar refractivity (Wildman–Crippen MR) is 100.0 cm³/mol. The Morgan fingerprint density at radius 3 is 2.69 bits per heavy atom. The van der Waals surface area contributed by atoms with Gasteiger partial charge < -0.3 is 14.9 Å². The number of aromatic nitrogens is 2. The topological polar surface area (TPSA) is 69.6 Å². The van der Waals surface area contributed by atoms with Crippen LogP contribution in [0.3, 0.4) is 0 Å². The fraction of sp³-hybridized carbons (Fsp3) is 0.450. The van der Waals surface area contributed by atoms with Gasteiger partial charge in [-0.3, -0.25) is 4.79 Å². The molecule has 1 atom stereocenters. The lowest BCUT2D eigenvalue weighted by Crippen LogP contribution is -2.36. The molecule has 0 saturated carbocycles. The van der Waals surface area contributed by atoms with E-state index >= 15 is 0 Å². The molecule has 1 N–H and O–H groups in total. The number of rotatable bonds is 2. The number of carbonyl (C=O) groups is 1. The molecule has 0 radical (unpaired) electrons. The van der Waals surface area contributed by atoms with Crippen molar-refractivity contribution in [2.45, 2.75) is 32.3 Å². The molecule has 1 unspecified atom stereocenters. The first-order valence-electron chi connectivity index (χ1n) is 9.25. The molecule has 2 heterocycles. The van der Waals surface area contributed by atoms with E-state index in [-0.39, 0.29) is 5.91 Å². The van der Waals surface area contributed by atoms with Gasteiger partial charge in [0.25, 0.3) is 0 Å². The Hall–Kier alpha value is -2.47. The third-order valence-corrected chi connectivity index (χ3v) is 5.19. The van der Waals surface area contributed by atoms with E-state index < -0.39 is 6.10 Å². The van der Waals surface area contributed by atoms with Crippen LogP contribution in [0.1, 0.15) is 24.6 Å². The summed E-state index contributed by atoms with van der Waals surface area (Å²) in [5.41, 5.74) is 3.33. The van der Waals surface area contributed by atoms with Crippen LogP contribution in [0.5, 0.6) is 0 Å². The van der Waals surface area contributed by atoms with Gasteiger partial charge in [-0.25, -0.2) is 9.97 Å². The molecule has 1 fully saturated rings. The van der Waals surface area contributed by atoms with Crippen molar-refractivity contribution in [3.63, 3.8) is 0 Å². The molecule has 1 aliphatic heterocycles. The van der Waals surface area contributed by atoms with E-state index in [2.05, 4.69) is 4.90 Å². The maximum atomic E-state index is 11.7. The van der Waals surface area contributed by atoms with Crippen LogP contribution < -0.4 is 4.90 Å². The van der Waals surface area contributed by atoms with Gasteiger partial charge in [0.1, 0.15) is 5.82 Å². The van der Waals surface area contributed by atoms with Crippen molar-refractivity contribution < 1.29 is 9.90 Å². The quantitative estimate of drug-likeness (QED) is 0.890. The third kappa shape index (κ3) is 3.29. The highest BCUT2D eigenvalue weighted by Crippen LogP contribution is 2.32. The Labute approximate surface area is 153 Å². The molecular weight excluding hydrogens is 328 g/mol. The second-order valence-corrected chi connectivity index (χ2v) is 7.08. The predicted octanol–water partition coefficient (Wildman–Crippen LogP) is 1.66. The van der Waals surface area contributed by atoms with Gasteiger partial charge in [-0.2, -0.15) is 0 Å². The first kappa shape index (κ1) is 17.0. The van der Waals surface area contributed by atoms with Crippen LogP contribution in [-0.4, -0.2) is 58.2 Å². The lowest BCUT2D eigenvalue weighted by atomic mass is 10.1. The fourth-order valence-corrected chi connectivity index (χ4v) is 3.86. The molecule has 2 aliphatic rings. The van der Waals surface area contributed by atoms with E-state index in [0.29, 0.717) is 26.2 Å². The van der Waals surface area contributed by atoms with Gasteiger partial charge in [0.05, 0.1) is 6.10 Å². The van der Waals surface area contributed by atoms with Crippen molar-refractivity contribution in [1.82, 2.24) is 14.9 Å². The zero-order chi connectivity index (χ0) is 18.1. The highest BCUT2D eigenvalue weighted by molar-refractivity contribution is 5.73. The van der Waals surface area contributed by atoms with Crippen LogP contribution in [0.25, 0.3) is 11.4 Å². The molecule has 1 saturated heterocycles. The molecule has 136 valence electrons. The number of anilines is 1. The van der Waals surface area contributed by atoms with E-state index in [1.54, 1.807) is 11.8 Å². The minimum atomic E-state index is -0.575. The highest BCUT2D eigenvalue weighted by atomic mass is 16.3. The van der Waals surface area contributed by atoms with Crippen molar-refractivity contribution in [3.8, 4) is 11.4 Å². The van der Waals surface area contributed by atoms with Crippen LogP contribution in [0.4, 0.5) is 5.82 Å². The average Bonchev–Trinajstić information content (AvgIpc) is 3.03. The summed E-state index contributed by atoms with van der Waals surface area (Å²) in [5.74, 6) is 1.67. The van der Waals surface area contributed by atoms with Crippen molar-refractivity contribution >= 4 is 11.7 Å². The molecular formula is C20H24N4O2. The maximum absolute atomic E-state index is 11.7. The van der Waals surface area contributed by atoms with Crippen molar-refractivity contribution in [3.05, 3.63) is 41.6 Å². The van der Waals surface area contributed by atoms with E-state index in [9.17, 15) is 9.90 Å². The number of hydrogen-bond acceptors (Lipinski definition) is 5. The summed E-state index contributed by atoms with van der Waals surface area (Å²) in [6.07, 6.45) is 2.46. The number of aryl methyl sites for hydroxylation is 1. The lowest BCUT2D eigenvalue weighted by Gasteiger charge is -2.25. The lowest BCUT2D eigenvalue weighted by molar-refractivity contribution is -0.129. The largest absolute Gasteiger partial charge is 0.389 e. The number of aliphatic hydroxyl groups excluding tert-OH is 1. The van der Waals surface area contributed by atoms with E-state index in [1.807, 2.05) is 30.3 Å². The molecule has 1 aromatic heterocycles. The van der Waals surface area contributed by atoms with Crippen LogP contribution in [0.2, 0.25) is 0 Å². The third-order valence-electron chi connectivity index (χ3n) is 5.19. The molecule has 0 bridgehead atoms. The molecule has 1 aliphatic carbocycles. The Morgan fingerprint density at radius 2 is 1.92 bits per heavy atom. The minimum Gasteiger partial charge on any atom is -0.389 e. The average molecular weight is 352 g/mol. The number of amides is 1. The Kier molecular flexibility index (Phi) is 4.59. The van der Waals surface area contributed by atoms with Crippen molar-refractivity contribution in [2.24, 2.45) is 0 Å². The van der Waals surface area contributed by atoms with E-state index in [4.69, 9.17) is 9.97 Å². The molecule has 6 heteroatoms. The van der Waals surface area contributed by atoms with Gasteiger partial charge in [0, 0.05) is 49.9 Å². The number of nitrogens with zero attached hydrogens (tertiary/aromatic N) is 4. The fourth-order valence-electron chi connectivity index (χ4n) is 3.86.